The molecule has 0 spiro atoms. The second-order valence-electron chi connectivity index (χ2n) is 19.5. The SMILES string of the molecule is c1ccc(-c2cccc(-c3ccc(N(c4ccc5c(c4)C(c4ccccc4)(c4ccccc4)c4cc(-c6ccccc6)ccc4-5)c4c(-c5ccc6ccccc6c5)c5ccccc5c5ccccc45)cc3)c2)cc1. The molecule has 0 saturated heterocycles. The van der Waals surface area contributed by atoms with Gasteiger partial charge in [0.25, 0.3) is 0 Å². The molecule has 13 aromatic rings. The predicted molar refractivity (Wildman–Crippen MR) is 313 cm³/mol. The predicted octanol–water partition coefficient (Wildman–Crippen LogP) is 19.6. The number of benzene rings is 13. The van der Waals surface area contributed by atoms with E-state index in [9.17, 15) is 0 Å². The third-order valence-corrected chi connectivity index (χ3v) is 15.5. The van der Waals surface area contributed by atoms with Crippen LogP contribution in [0, 0.1) is 0 Å². The lowest BCUT2D eigenvalue weighted by Gasteiger charge is -2.35. The lowest BCUT2D eigenvalue weighted by molar-refractivity contribution is 0.768. The molecule has 0 N–H and O–H groups in total. The van der Waals surface area contributed by atoms with E-state index in [-0.39, 0.29) is 0 Å². The summed E-state index contributed by atoms with van der Waals surface area (Å²) in [6.45, 7) is 0. The van der Waals surface area contributed by atoms with Crippen LogP contribution in [0.3, 0.4) is 0 Å². The van der Waals surface area contributed by atoms with Crippen LogP contribution in [0.5, 0.6) is 0 Å². The summed E-state index contributed by atoms with van der Waals surface area (Å²) in [4.78, 5) is 2.56. The van der Waals surface area contributed by atoms with Crippen molar-refractivity contribution in [3.63, 3.8) is 0 Å². The topological polar surface area (TPSA) is 3.24 Å². The van der Waals surface area contributed by atoms with E-state index in [2.05, 4.69) is 302 Å². The van der Waals surface area contributed by atoms with Crippen LogP contribution in [-0.4, -0.2) is 0 Å². The fourth-order valence-electron chi connectivity index (χ4n) is 12.1. The third kappa shape index (κ3) is 7.08. The highest BCUT2D eigenvalue weighted by atomic mass is 15.1. The van der Waals surface area contributed by atoms with Crippen LogP contribution < -0.4 is 4.90 Å². The average molecular weight is 940 g/mol. The smallest absolute Gasteiger partial charge is 0.0714 e. The van der Waals surface area contributed by atoms with E-state index in [1.54, 1.807) is 0 Å². The van der Waals surface area contributed by atoms with Crippen molar-refractivity contribution in [1.82, 2.24) is 0 Å². The van der Waals surface area contributed by atoms with Gasteiger partial charge in [-0.25, -0.2) is 0 Å². The minimum atomic E-state index is -0.639. The molecule has 0 radical (unpaired) electrons. The zero-order valence-corrected chi connectivity index (χ0v) is 40.7. The maximum Gasteiger partial charge on any atom is 0.0714 e. The maximum atomic E-state index is 2.56. The normalized spacial score (nSPS) is 12.4. The number of hydrogen-bond acceptors (Lipinski definition) is 1. The van der Waals surface area contributed by atoms with Crippen molar-refractivity contribution in [2.45, 2.75) is 5.41 Å². The summed E-state index contributed by atoms with van der Waals surface area (Å²) in [5.74, 6) is 0. The molecule has 0 unspecified atom stereocenters. The van der Waals surface area contributed by atoms with Gasteiger partial charge in [0.1, 0.15) is 0 Å². The molecule has 74 heavy (non-hydrogen) atoms. The Labute approximate surface area is 432 Å². The van der Waals surface area contributed by atoms with Crippen LogP contribution in [0.25, 0.3) is 88.0 Å². The van der Waals surface area contributed by atoms with Crippen LogP contribution in [0.4, 0.5) is 17.1 Å². The molecule has 1 aliphatic rings. The lowest BCUT2D eigenvalue weighted by atomic mass is 9.67. The highest BCUT2D eigenvalue weighted by Gasteiger charge is 2.47. The largest absolute Gasteiger partial charge is 0.309 e. The first-order valence-corrected chi connectivity index (χ1v) is 25.7. The van der Waals surface area contributed by atoms with Gasteiger partial charge >= 0.3 is 0 Å². The van der Waals surface area contributed by atoms with Gasteiger partial charge in [-0.05, 0) is 142 Å². The van der Waals surface area contributed by atoms with Gasteiger partial charge in [0, 0.05) is 22.3 Å². The highest BCUT2D eigenvalue weighted by molar-refractivity contribution is 6.23. The van der Waals surface area contributed by atoms with Gasteiger partial charge in [-0.2, -0.15) is 0 Å². The summed E-state index contributed by atoms with van der Waals surface area (Å²) in [7, 11) is 0. The molecule has 0 amide bonds. The Balaban J connectivity index is 1.06. The van der Waals surface area contributed by atoms with Crippen molar-refractivity contribution in [2.24, 2.45) is 0 Å². The summed E-state index contributed by atoms with van der Waals surface area (Å²) in [5.41, 5.74) is 19.7. The lowest BCUT2D eigenvalue weighted by Crippen LogP contribution is -2.29. The molecule has 1 nitrogen and oxygen atoms in total. The molecule has 346 valence electrons. The second kappa shape index (κ2) is 17.9. The zero-order chi connectivity index (χ0) is 49.0. The Morgan fingerprint density at radius 3 is 1.31 bits per heavy atom. The van der Waals surface area contributed by atoms with E-state index in [1.807, 2.05) is 0 Å². The first-order chi connectivity index (χ1) is 36.7. The summed E-state index contributed by atoms with van der Waals surface area (Å²) in [6.07, 6.45) is 0. The van der Waals surface area contributed by atoms with Crippen molar-refractivity contribution in [2.75, 3.05) is 4.90 Å². The fourth-order valence-corrected chi connectivity index (χ4v) is 12.1. The molecule has 0 aliphatic heterocycles. The van der Waals surface area contributed by atoms with Crippen molar-refractivity contribution in [1.29, 1.82) is 0 Å². The number of fused-ring (bicyclic) bond motifs is 7. The molecule has 0 atom stereocenters. The molecule has 13 aromatic carbocycles. The van der Waals surface area contributed by atoms with Crippen LogP contribution in [0.15, 0.2) is 297 Å². The van der Waals surface area contributed by atoms with Gasteiger partial charge in [-0.1, -0.05) is 255 Å². The van der Waals surface area contributed by atoms with Gasteiger partial charge in [-0.3, -0.25) is 0 Å². The average Bonchev–Trinajstić information content (AvgIpc) is 3.87. The molecule has 1 heteroatoms. The zero-order valence-electron chi connectivity index (χ0n) is 40.7. The van der Waals surface area contributed by atoms with E-state index in [0.717, 1.165) is 22.6 Å². The molecule has 0 aromatic heterocycles. The van der Waals surface area contributed by atoms with Gasteiger partial charge < -0.3 is 4.90 Å². The first kappa shape index (κ1) is 43.2. The van der Waals surface area contributed by atoms with Gasteiger partial charge in [0.15, 0.2) is 0 Å². The van der Waals surface area contributed by atoms with Crippen molar-refractivity contribution >= 4 is 49.4 Å². The Morgan fingerprint density at radius 2 is 0.676 bits per heavy atom. The molecule has 1 aliphatic carbocycles. The fraction of sp³-hybridized carbons (Fsp3) is 0.0137. The standard InChI is InChI=1S/C73H49N/c1-5-20-50(21-6-1)55-26-19-27-56(46-55)53-38-41-61(42-39-53)74(72-68-35-18-16-33-64(68)63-32-15-17-34-67(63)71(72)58-37-36-52-24-13-14-25-54(52)47-58)62-43-45-66-65-44-40-57(51-22-7-2-8-23-51)48-69(65)73(70(66)49-62,59-28-9-3-10-29-59)60-30-11-4-12-31-60/h1-49H. The summed E-state index contributed by atoms with van der Waals surface area (Å²) < 4.78 is 0. The van der Waals surface area contributed by atoms with Crippen LogP contribution >= 0.6 is 0 Å². The van der Waals surface area contributed by atoms with E-state index >= 15 is 0 Å². The number of hydrogen-bond donors (Lipinski definition) is 0. The van der Waals surface area contributed by atoms with E-state index in [1.165, 1.54) is 105 Å². The summed E-state index contributed by atoms with van der Waals surface area (Å²) in [5, 5.41) is 7.27. The molecule has 14 rings (SSSR count). The van der Waals surface area contributed by atoms with Gasteiger partial charge in [-0.15, -0.1) is 0 Å². The number of nitrogens with zero attached hydrogens (tertiary/aromatic N) is 1. The molecular weight excluding hydrogens is 891 g/mol. The Bertz CT molecular complexity index is 4180. The highest BCUT2D eigenvalue weighted by Crippen LogP contribution is 2.59. The third-order valence-electron chi connectivity index (χ3n) is 15.5. The number of rotatable bonds is 9. The van der Waals surface area contributed by atoms with Crippen LogP contribution in [-0.2, 0) is 5.41 Å². The van der Waals surface area contributed by atoms with Gasteiger partial charge in [0.2, 0.25) is 0 Å². The Hall–Kier alpha value is -9.56. The van der Waals surface area contributed by atoms with Crippen molar-refractivity contribution in [3.05, 3.63) is 320 Å². The summed E-state index contributed by atoms with van der Waals surface area (Å²) >= 11 is 0. The van der Waals surface area contributed by atoms with Crippen molar-refractivity contribution < 1.29 is 0 Å². The molecule has 0 saturated carbocycles. The Morgan fingerprint density at radius 1 is 0.243 bits per heavy atom. The molecule has 0 heterocycles. The van der Waals surface area contributed by atoms with Crippen LogP contribution in [0.2, 0.25) is 0 Å². The molecule has 0 fully saturated rings. The van der Waals surface area contributed by atoms with E-state index < -0.39 is 5.41 Å². The monoisotopic (exact) mass is 939 g/mol. The maximum absolute atomic E-state index is 2.56. The summed E-state index contributed by atoms with van der Waals surface area (Å²) in [6, 6.07) is 110. The second-order valence-corrected chi connectivity index (χ2v) is 19.5. The van der Waals surface area contributed by atoms with Crippen LogP contribution in [0.1, 0.15) is 22.3 Å². The number of anilines is 3. The minimum Gasteiger partial charge on any atom is -0.309 e. The van der Waals surface area contributed by atoms with E-state index in [4.69, 9.17) is 0 Å². The Kier molecular flexibility index (Phi) is 10.5. The molecule has 0 bridgehead atoms. The van der Waals surface area contributed by atoms with Crippen molar-refractivity contribution in [3.8, 4) is 55.6 Å². The first-order valence-electron chi connectivity index (χ1n) is 25.7. The van der Waals surface area contributed by atoms with Gasteiger partial charge in [0.05, 0.1) is 11.1 Å². The van der Waals surface area contributed by atoms with E-state index in [0.29, 0.717) is 0 Å². The minimum absolute atomic E-state index is 0.639. The quantitative estimate of drug-likeness (QED) is 0.130. The molecular formula is C73H49N.